The fourth-order valence-electron chi connectivity index (χ4n) is 1.42. The van der Waals surface area contributed by atoms with Crippen LogP contribution in [0.15, 0.2) is 24.3 Å². The first-order chi connectivity index (χ1) is 10.0. The predicted octanol–water partition coefficient (Wildman–Crippen LogP) is 0.408. The number of nitrogens with one attached hydrogen (secondary N) is 3. The van der Waals surface area contributed by atoms with Crippen molar-refractivity contribution in [2.24, 2.45) is 0 Å². The number of aliphatic carboxylic acids is 1. The standard InChI is InChI=1S/C13H17N3O5/c1-14-11(17)6-7-15-13(20)16-9-4-2-3-5-10(9)21-8-12(18)19/h2-5H,6-8H2,1H3,(H,14,17)(H,18,19)(H2,15,16,20). The van der Waals surface area contributed by atoms with Crippen LogP contribution in [0.3, 0.4) is 0 Å². The third kappa shape index (κ3) is 6.28. The van der Waals surface area contributed by atoms with Crippen molar-refractivity contribution in [3.05, 3.63) is 24.3 Å². The van der Waals surface area contributed by atoms with Crippen LogP contribution < -0.4 is 20.7 Å². The van der Waals surface area contributed by atoms with Crippen molar-refractivity contribution in [1.82, 2.24) is 10.6 Å². The topological polar surface area (TPSA) is 117 Å². The molecule has 0 unspecified atom stereocenters. The van der Waals surface area contributed by atoms with E-state index < -0.39 is 18.6 Å². The van der Waals surface area contributed by atoms with Gasteiger partial charge >= 0.3 is 12.0 Å². The fraction of sp³-hybridized carbons (Fsp3) is 0.308. The number of benzene rings is 1. The third-order valence-electron chi connectivity index (χ3n) is 2.40. The summed E-state index contributed by atoms with van der Waals surface area (Å²) >= 11 is 0. The van der Waals surface area contributed by atoms with Gasteiger partial charge in [-0.1, -0.05) is 12.1 Å². The second kappa shape index (κ2) is 8.41. The van der Waals surface area contributed by atoms with Crippen LogP contribution in [0.25, 0.3) is 0 Å². The van der Waals surface area contributed by atoms with Crippen molar-refractivity contribution >= 4 is 23.6 Å². The Kier molecular flexibility index (Phi) is 6.52. The lowest BCUT2D eigenvalue weighted by atomic mass is 10.3. The second-order valence-corrected chi connectivity index (χ2v) is 3.98. The van der Waals surface area contributed by atoms with Gasteiger partial charge in [0.05, 0.1) is 5.69 Å². The molecular weight excluding hydrogens is 278 g/mol. The molecule has 0 aliphatic rings. The van der Waals surface area contributed by atoms with Gasteiger partial charge in [0.2, 0.25) is 5.91 Å². The zero-order valence-corrected chi connectivity index (χ0v) is 11.5. The van der Waals surface area contributed by atoms with Crippen LogP contribution >= 0.6 is 0 Å². The van der Waals surface area contributed by atoms with Crippen LogP contribution in [0.4, 0.5) is 10.5 Å². The normalized spacial score (nSPS) is 9.57. The maximum Gasteiger partial charge on any atom is 0.341 e. The molecular formula is C13H17N3O5. The van der Waals surface area contributed by atoms with Gasteiger partial charge in [-0.3, -0.25) is 4.79 Å². The molecule has 21 heavy (non-hydrogen) atoms. The molecule has 1 aromatic carbocycles. The summed E-state index contributed by atoms with van der Waals surface area (Å²) in [5.74, 6) is -1.04. The van der Waals surface area contributed by atoms with Gasteiger partial charge in [0.15, 0.2) is 6.61 Å². The Labute approximate surface area is 121 Å². The van der Waals surface area contributed by atoms with Gasteiger partial charge in [0.25, 0.3) is 0 Å². The Hall–Kier alpha value is -2.77. The number of hydrogen-bond acceptors (Lipinski definition) is 4. The monoisotopic (exact) mass is 295 g/mol. The van der Waals surface area contributed by atoms with Crippen molar-refractivity contribution in [3.8, 4) is 5.75 Å². The van der Waals surface area contributed by atoms with Crippen LogP contribution in [0, 0.1) is 0 Å². The van der Waals surface area contributed by atoms with E-state index >= 15 is 0 Å². The van der Waals surface area contributed by atoms with Gasteiger partial charge in [-0.25, -0.2) is 9.59 Å². The highest BCUT2D eigenvalue weighted by Crippen LogP contribution is 2.23. The molecule has 1 rings (SSSR count). The van der Waals surface area contributed by atoms with Gasteiger partial charge in [0, 0.05) is 20.0 Å². The molecule has 0 fully saturated rings. The summed E-state index contributed by atoms with van der Waals surface area (Å²) in [4.78, 5) is 33.1. The maximum absolute atomic E-state index is 11.6. The van der Waals surface area contributed by atoms with Crippen LogP contribution in [0.5, 0.6) is 5.75 Å². The number of carbonyl (C=O) groups excluding carboxylic acids is 2. The molecule has 114 valence electrons. The first-order valence-electron chi connectivity index (χ1n) is 6.22. The number of rotatable bonds is 7. The van der Waals surface area contributed by atoms with Gasteiger partial charge in [0.1, 0.15) is 5.75 Å². The molecule has 0 aliphatic heterocycles. The van der Waals surface area contributed by atoms with Gasteiger partial charge in [-0.2, -0.15) is 0 Å². The van der Waals surface area contributed by atoms with Crippen LogP contribution in [0.2, 0.25) is 0 Å². The van der Waals surface area contributed by atoms with Gasteiger partial charge in [-0.15, -0.1) is 0 Å². The summed E-state index contributed by atoms with van der Waals surface area (Å²) in [5, 5.41) is 16.0. The molecule has 0 saturated carbocycles. The quantitative estimate of drug-likeness (QED) is 0.581. The van der Waals surface area contributed by atoms with Gasteiger partial charge < -0.3 is 25.8 Å². The summed E-state index contributed by atoms with van der Waals surface area (Å²) in [7, 11) is 1.51. The van der Waals surface area contributed by atoms with Crippen molar-refractivity contribution < 1.29 is 24.2 Å². The molecule has 0 spiro atoms. The molecule has 0 radical (unpaired) electrons. The van der Waals surface area contributed by atoms with Crippen LogP contribution in [-0.2, 0) is 9.59 Å². The number of urea groups is 1. The molecule has 0 saturated heterocycles. The van der Waals surface area contributed by atoms with Crippen LogP contribution in [0.1, 0.15) is 6.42 Å². The summed E-state index contributed by atoms with van der Waals surface area (Å²) in [6.07, 6.45) is 0.168. The summed E-state index contributed by atoms with van der Waals surface area (Å²) in [5.41, 5.74) is 0.344. The van der Waals surface area contributed by atoms with E-state index in [-0.39, 0.29) is 24.6 Å². The molecule has 0 bridgehead atoms. The molecule has 8 heteroatoms. The minimum Gasteiger partial charge on any atom is -0.480 e. The van der Waals surface area contributed by atoms with E-state index in [9.17, 15) is 14.4 Å². The molecule has 8 nitrogen and oxygen atoms in total. The lowest BCUT2D eigenvalue weighted by Gasteiger charge is -2.11. The predicted molar refractivity (Wildman–Crippen MR) is 75.3 cm³/mol. The minimum atomic E-state index is -1.11. The Morgan fingerprint density at radius 2 is 1.95 bits per heavy atom. The number of carboxylic acids is 1. The van der Waals surface area contributed by atoms with Crippen molar-refractivity contribution in [2.45, 2.75) is 6.42 Å². The third-order valence-corrected chi connectivity index (χ3v) is 2.40. The zero-order valence-electron chi connectivity index (χ0n) is 11.5. The number of anilines is 1. The molecule has 4 N–H and O–H groups in total. The number of amides is 3. The highest BCUT2D eigenvalue weighted by Gasteiger charge is 2.08. The Bertz CT molecular complexity index is 518. The number of carbonyl (C=O) groups is 3. The van der Waals surface area contributed by atoms with E-state index in [0.29, 0.717) is 5.69 Å². The largest absolute Gasteiger partial charge is 0.480 e. The van der Waals surface area contributed by atoms with Gasteiger partial charge in [-0.05, 0) is 12.1 Å². The number of hydrogen-bond donors (Lipinski definition) is 4. The van der Waals surface area contributed by atoms with Crippen molar-refractivity contribution in [2.75, 3.05) is 25.5 Å². The Balaban J connectivity index is 2.51. The fourth-order valence-corrected chi connectivity index (χ4v) is 1.42. The SMILES string of the molecule is CNC(=O)CCNC(=O)Nc1ccccc1OCC(=O)O. The molecule has 0 aliphatic carbocycles. The minimum absolute atomic E-state index is 0.168. The van der Waals surface area contributed by atoms with E-state index in [4.69, 9.17) is 9.84 Å². The number of para-hydroxylation sites is 2. The average Bonchev–Trinajstić information content (AvgIpc) is 2.46. The Morgan fingerprint density at radius 3 is 2.62 bits per heavy atom. The first-order valence-corrected chi connectivity index (χ1v) is 6.22. The van der Waals surface area contributed by atoms with Crippen molar-refractivity contribution in [1.29, 1.82) is 0 Å². The zero-order chi connectivity index (χ0) is 15.7. The Morgan fingerprint density at radius 1 is 1.24 bits per heavy atom. The summed E-state index contributed by atoms with van der Waals surface area (Å²) in [6.45, 7) is -0.319. The average molecular weight is 295 g/mol. The smallest absolute Gasteiger partial charge is 0.341 e. The van der Waals surface area contributed by atoms with Crippen molar-refractivity contribution in [3.63, 3.8) is 0 Å². The highest BCUT2D eigenvalue weighted by molar-refractivity contribution is 5.91. The lowest BCUT2D eigenvalue weighted by Crippen LogP contribution is -2.32. The van der Waals surface area contributed by atoms with E-state index in [1.54, 1.807) is 24.3 Å². The molecule has 0 aromatic heterocycles. The van der Waals surface area contributed by atoms with E-state index in [2.05, 4.69) is 16.0 Å². The number of ether oxygens (including phenoxy) is 1. The highest BCUT2D eigenvalue weighted by atomic mass is 16.5. The molecule has 0 heterocycles. The second-order valence-electron chi connectivity index (χ2n) is 3.98. The molecule has 0 atom stereocenters. The molecule has 3 amide bonds. The van der Waals surface area contributed by atoms with E-state index in [1.165, 1.54) is 7.05 Å². The van der Waals surface area contributed by atoms with E-state index in [1.807, 2.05) is 0 Å². The summed E-state index contributed by atoms with van der Waals surface area (Å²) < 4.78 is 5.05. The van der Waals surface area contributed by atoms with Crippen LogP contribution in [-0.4, -0.2) is 43.2 Å². The first kappa shape index (κ1) is 16.3. The summed E-state index contributed by atoms with van der Waals surface area (Å²) in [6, 6.07) is 5.95. The lowest BCUT2D eigenvalue weighted by molar-refractivity contribution is -0.139. The van der Waals surface area contributed by atoms with E-state index in [0.717, 1.165) is 0 Å². The molecule has 1 aromatic rings. The maximum atomic E-state index is 11.6. The number of carboxylic acid groups (broad SMARTS) is 1.